The molecule has 0 aromatic heterocycles. The van der Waals surface area contributed by atoms with Gasteiger partial charge in [-0.1, -0.05) is 36.4 Å². The van der Waals surface area contributed by atoms with Gasteiger partial charge in [0.05, 0.1) is 6.42 Å². The van der Waals surface area contributed by atoms with Crippen molar-refractivity contribution in [2.45, 2.75) is 13.0 Å². The molecular weight excluding hydrogens is 192 g/mol. The SMILES string of the molecule is O=C/C=C/CC(=O)OCc1ccccc1. The van der Waals surface area contributed by atoms with Gasteiger partial charge in [0, 0.05) is 0 Å². The average Bonchev–Trinajstić information content (AvgIpc) is 2.28. The topological polar surface area (TPSA) is 43.4 Å². The minimum Gasteiger partial charge on any atom is -0.461 e. The Morgan fingerprint density at radius 3 is 2.67 bits per heavy atom. The summed E-state index contributed by atoms with van der Waals surface area (Å²) >= 11 is 0. The van der Waals surface area contributed by atoms with Crippen LogP contribution < -0.4 is 0 Å². The van der Waals surface area contributed by atoms with E-state index in [1.54, 1.807) is 0 Å². The molecule has 0 heterocycles. The van der Waals surface area contributed by atoms with Crippen LogP contribution in [0.2, 0.25) is 0 Å². The Morgan fingerprint density at radius 2 is 2.00 bits per heavy atom. The predicted octanol–water partition coefficient (Wildman–Crippen LogP) is 1.87. The number of allylic oxidation sites excluding steroid dienone is 1. The summed E-state index contributed by atoms with van der Waals surface area (Å²) in [5.41, 5.74) is 0.949. The molecule has 78 valence electrons. The fraction of sp³-hybridized carbons (Fsp3) is 0.167. The van der Waals surface area contributed by atoms with E-state index in [9.17, 15) is 9.59 Å². The molecule has 0 radical (unpaired) electrons. The van der Waals surface area contributed by atoms with Gasteiger partial charge in [0.2, 0.25) is 0 Å². The van der Waals surface area contributed by atoms with E-state index in [-0.39, 0.29) is 19.0 Å². The highest BCUT2D eigenvalue weighted by Crippen LogP contribution is 2.01. The standard InChI is InChI=1S/C12H12O3/c13-9-5-4-8-12(14)15-10-11-6-2-1-3-7-11/h1-7,9H,8,10H2/b5-4+. The maximum absolute atomic E-state index is 11.1. The second-order valence-electron chi connectivity index (χ2n) is 2.91. The highest BCUT2D eigenvalue weighted by Gasteiger charge is 1.99. The molecule has 0 spiro atoms. The van der Waals surface area contributed by atoms with Crippen LogP contribution in [-0.2, 0) is 20.9 Å². The van der Waals surface area contributed by atoms with Crippen molar-refractivity contribution >= 4 is 12.3 Å². The van der Waals surface area contributed by atoms with E-state index >= 15 is 0 Å². The second-order valence-corrected chi connectivity index (χ2v) is 2.91. The fourth-order valence-electron chi connectivity index (χ4n) is 1.02. The van der Waals surface area contributed by atoms with Gasteiger partial charge >= 0.3 is 5.97 Å². The van der Waals surface area contributed by atoms with Crippen LogP contribution in [0.1, 0.15) is 12.0 Å². The quantitative estimate of drug-likeness (QED) is 0.418. The fourth-order valence-corrected chi connectivity index (χ4v) is 1.02. The number of ether oxygens (including phenoxy) is 1. The monoisotopic (exact) mass is 204 g/mol. The number of esters is 1. The summed E-state index contributed by atoms with van der Waals surface area (Å²) in [7, 11) is 0. The van der Waals surface area contributed by atoms with E-state index in [0.717, 1.165) is 5.56 Å². The van der Waals surface area contributed by atoms with E-state index in [2.05, 4.69) is 0 Å². The number of hydrogen-bond acceptors (Lipinski definition) is 3. The summed E-state index contributed by atoms with van der Waals surface area (Å²) in [5.74, 6) is -0.336. The van der Waals surface area contributed by atoms with Crippen molar-refractivity contribution < 1.29 is 14.3 Å². The molecule has 3 nitrogen and oxygen atoms in total. The van der Waals surface area contributed by atoms with Gasteiger partial charge in [-0.05, 0) is 11.6 Å². The molecule has 0 unspecified atom stereocenters. The van der Waals surface area contributed by atoms with Gasteiger partial charge in [0.15, 0.2) is 0 Å². The van der Waals surface area contributed by atoms with Crippen LogP contribution in [0, 0.1) is 0 Å². The first-order valence-electron chi connectivity index (χ1n) is 4.63. The molecule has 0 N–H and O–H groups in total. The summed E-state index contributed by atoms with van der Waals surface area (Å²) < 4.78 is 4.97. The molecule has 1 aromatic carbocycles. The average molecular weight is 204 g/mol. The Kier molecular flexibility index (Phi) is 4.87. The van der Waals surface area contributed by atoms with Crippen molar-refractivity contribution in [2.75, 3.05) is 0 Å². The van der Waals surface area contributed by atoms with E-state index < -0.39 is 0 Å². The molecule has 0 bridgehead atoms. The molecule has 0 aliphatic carbocycles. The number of benzene rings is 1. The van der Waals surface area contributed by atoms with Crippen molar-refractivity contribution in [3.63, 3.8) is 0 Å². The second kappa shape index (κ2) is 6.54. The minimum absolute atomic E-state index is 0.131. The van der Waals surface area contributed by atoms with Gasteiger partial charge in [-0.2, -0.15) is 0 Å². The number of hydrogen-bond donors (Lipinski definition) is 0. The number of carbonyl (C=O) groups is 2. The Balaban J connectivity index is 2.28. The van der Waals surface area contributed by atoms with Gasteiger partial charge in [-0.15, -0.1) is 0 Å². The molecule has 1 aromatic rings. The molecule has 15 heavy (non-hydrogen) atoms. The first-order valence-corrected chi connectivity index (χ1v) is 4.63. The van der Waals surface area contributed by atoms with Gasteiger partial charge in [-0.25, -0.2) is 0 Å². The van der Waals surface area contributed by atoms with Crippen LogP contribution in [0.3, 0.4) is 0 Å². The molecule has 0 amide bonds. The molecule has 0 saturated heterocycles. The van der Waals surface area contributed by atoms with E-state index in [1.807, 2.05) is 30.3 Å². The van der Waals surface area contributed by atoms with Gasteiger partial charge in [0.25, 0.3) is 0 Å². The third kappa shape index (κ3) is 4.76. The Labute approximate surface area is 88.4 Å². The van der Waals surface area contributed by atoms with E-state index in [1.165, 1.54) is 12.2 Å². The molecule has 0 aliphatic heterocycles. The zero-order chi connectivity index (χ0) is 10.9. The largest absolute Gasteiger partial charge is 0.461 e. The van der Waals surface area contributed by atoms with Crippen molar-refractivity contribution in [1.82, 2.24) is 0 Å². The van der Waals surface area contributed by atoms with Crippen molar-refractivity contribution in [2.24, 2.45) is 0 Å². The van der Waals surface area contributed by atoms with Crippen LogP contribution in [0.25, 0.3) is 0 Å². The molecule has 0 atom stereocenters. The van der Waals surface area contributed by atoms with E-state index in [0.29, 0.717) is 6.29 Å². The first-order chi connectivity index (χ1) is 7.33. The van der Waals surface area contributed by atoms with Gasteiger partial charge < -0.3 is 4.74 Å². The van der Waals surface area contributed by atoms with Crippen molar-refractivity contribution in [3.8, 4) is 0 Å². The minimum atomic E-state index is -0.336. The summed E-state index contributed by atoms with van der Waals surface area (Å²) in [6.07, 6.45) is 3.51. The zero-order valence-corrected chi connectivity index (χ0v) is 8.26. The number of aldehydes is 1. The van der Waals surface area contributed by atoms with Crippen LogP contribution in [0.4, 0.5) is 0 Å². The third-order valence-electron chi connectivity index (χ3n) is 1.74. The van der Waals surface area contributed by atoms with Crippen molar-refractivity contribution in [3.05, 3.63) is 48.0 Å². The highest BCUT2D eigenvalue weighted by atomic mass is 16.5. The van der Waals surface area contributed by atoms with Crippen LogP contribution in [0.15, 0.2) is 42.5 Å². The van der Waals surface area contributed by atoms with Crippen LogP contribution in [-0.4, -0.2) is 12.3 Å². The van der Waals surface area contributed by atoms with Crippen LogP contribution in [0.5, 0.6) is 0 Å². The molecule has 0 aliphatic rings. The first kappa shape index (κ1) is 11.2. The maximum atomic E-state index is 11.1. The lowest BCUT2D eigenvalue weighted by molar-refractivity contribution is -0.143. The molecule has 0 fully saturated rings. The summed E-state index contributed by atoms with van der Waals surface area (Å²) in [6.45, 7) is 0.272. The smallest absolute Gasteiger partial charge is 0.309 e. The molecular formula is C12H12O3. The highest BCUT2D eigenvalue weighted by molar-refractivity contribution is 5.73. The molecule has 1 rings (SSSR count). The third-order valence-corrected chi connectivity index (χ3v) is 1.74. The van der Waals surface area contributed by atoms with Crippen molar-refractivity contribution in [1.29, 1.82) is 0 Å². The summed E-state index contributed by atoms with van der Waals surface area (Å²) in [5, 5.41) is 0. The normalized spacial score (nSPS) is 10.1. The lowest BCUT2D eigenvalue weighted by atomic mass is 10.2. The summed E-state index contributed by atoms with van der Waals surface area (Å²) in [4.78, 5) is 21.0. The molecule has 3 heteroatoms. The zero-order valence-electron chi connectivity index (χ0n) is 8.26. The molecule has 0 saturated carbocycles. The number of rotatable bonds is 5. The maximum Gasteiger partial charge on any atom is 0.309 e. The lowest BCUT2D eigenvalue weighted by Gasteiger charge is -2.02. The number of carbonyl (C=O) groups excluding carboxylic acids is 2. The Morgan fingerprint density at radius 1 is 1.27 bits per heavy atom. The predicted molar refractivity (Wildman–Crippen MR) is 56.1 cm³/mol. The van der Waals surface area contributed by atoms with Gasteiger partial charge in [0.1, 0.15) is 12.9 Å². The lowest BCUT2D eigenvalue weighted by Crippen LogP contribution is -2.02. The Bertz CT molecular complexity index is 341. The Hall–Kier alpha value is -1.90. The van der Waals surface area contributed by atoms with Gasteiger partial charge in [-0.3, -0.25) is 9.59 Å². The summed E-state index contributed by atoms with van der Waals surface area (Å²) in [6, 6.07) is 9.44. The van der Waals surface area contributed by atoms with E-state index in [4.69, 9.17) is 4.74 Å². The van der Waals surface area contributed by atoms with Crippen LogP contribution >= 0.6 is 0 Å².